The molecular formula is C19H25BrO3. The first-order valence-corrected chi connectivity index (χ1v) is 9.70. The number of aliphatic hydroxyl groups excluding tert-OH is 2. The van der Waals surface area contributed by atoms with Crippen LogP contribution in [0.25, 0.3) is 0 Å². The van der Waals surface area contributed by atoms with Crippen molar-refractivity contribution >= 4 is 21.7 Å². The maximum absolute atomic E-state index is 12.1. The van der Waals surface area contributed by atoms with Crippen molar-refractivity contribution in [1.82, 2.24) is 0 Å². The number of aliphatic hydroxyl groups is 2. The van der Waals surface area contributed by atoms with Crippen LogP contribution in [0.3, 0.4) is 0 Å². The molecule has 0 radical (unpaired) electrons. The lowest BCUT2D eigenvalue weighted by Crippen LogP contribution is -2.45. The second-order valence-electron chi connectivity index (χ2n) is 8.18. The van der Waals surface area contributed by atoms with Gasteiger partial charge in [0, 0.05) is 6.42 Å². The highest BCUT2D eigenvalue weighted by molar-refractivity contribution is 9.12. The molecule has 0 aromatic carbocycles. The van der Waals surface area contributed by atoms with Gasteiger partial charge in [-0.05, 0) is 89.3 Å². The van der Waals surface area contributed by atoms with Gasteiger partial charge in [-0.2, -0.15) is 0 Å². The fourth-order valence-corrected chi connectivity index (χ4v) is 6.49. The predicted octanol–water partition coefficient (Wildman–Crippen LogP) is 3.49. The minimum absolute atomic E-state index is 0.0782. The van der Waals surface area contributed by atoms with Crippen molar-refractivity contribution in [1.29, 1.82) is 0 Å². The second-order valence-corrected chi connectivity index (χ2v) is 9.03. The Bertz CT molecular complexity index is 608. The van der Waals surface area contributed by atoms with Crippen molar-refractivity contribution in [3.63, 3.8) is 0 Å². The number of carbonyl (C=O) groups is 1. The van der Waals surface area contributed by atoms with E-state index in [2.05, 4.69) is 22.9 Å². The Kier molecular flexibility index (Phi) is 3.86. The van der Waals surface area contributed by atoms with Gasteiger partial charge in [-0.3, -0.25) is 4.79 Å². The Morgan fingerprint density at radius 3 is 2.78 bits per heavy atom. The number of halogens is 1. The van der Waals surface area contributed by atoms with Gasteiger partial charge >= 0.3 is 0 Å². The molecule has 2 N–H and O–H groups in total. The van der Waals surface area contributed by atoms with Crippen LogP contribution in [-0.2, 0) is 4.79 Å². The Balaban J connectivity index is 1.69. The Hall–Kier alpha value is -0.450. The molecule has 3 nitrogen and oxygen atoms in total. The summed E-state index contributed by atoms with van der Waals surface area (Å²) in [6.45, 7) is 2.28. The lowest BCUT2D eigenvalue weighted by atomic mass is 9.55. The van der Waals surface area contributed by atoms with Gasteiger partial charge in [0.25, 0.3) is 0 Å². The number of rotatable bonds is 0. The molecule has 0 aromatic heterocycles. The quantitative estimate of drug-likeness (QED) is 0.675. The van der Waals surface area contributed by atoms with Gasteiger partial charge in [0.05, 0.1) is 10.6 Å². The maximum Gasteiger partial charge on any atom is 0.198 e. The zero-order chi connectivity index (χ0) is 16.4. The first-order valence-electron chi connectivity index (χ1n) is 8.91. The van der Waals surface area contributed by atoms with E-state index < -0.39 is 6.10 Å². The van der Waals surface area contributed by atoms with Gasteiger partial charge in [-0.15, -0.1) is 0 Å². The number of carbonyl (C=O) groups excluding carboxylic acids is 1. The van der Waals surface area contributed by atoms with Gasteiger partial charge in [0.15, 0.2) is 5.78 Å². The smallest absolute Gasteiger partial charge is 0.198 e. The van der Waals surface area contributed by atoms with Crippen molar-refractivity contribution in [3.05, 3.63) is 21.7 Å². The van der Waals surface area contributed by atoms with E-state index in [9.17, 15) is 15.0 Å². The standard InChI is InChI=1S/C19H25BrO3/c1-19-7-6-11-12(14(19)4-5-17(19)22)3-2-10-8-15(20)18(23)16(21)9-13(10)11/h8,11-12,14,16-17,21-22H,2-7,9H2,1H3/t11-,12+,14-,16?,17-,19-/m0/s1. The number of ketones is 1. The average molecular weight is 381 g/mol. The lowest BCUT2D eigenvalue weighted by Gasteiger charge is -2.50. The number of Topliss-reactive ketones (excluding diaryl/α,β-unsaturated/α-hetero) is 1. The monoisotopic (exact) mass is 380 g/mol. The Labute approximate surface area is 146 Å². The summed E-state index contributed by atoms with van der Waals surface area (Å²) < 4.78 is 0.519. The summed E-state index contributed by atoms with van der Waals surface area (Å²) in [6, 6.07) is 0. The summed E-state index contributed by atoms with van der Waals surface area (Å²) in [5, 5.41) is 20.7. The molecule has 0 heterocycles. The van der Waals surface area contributed by atoms with Crippen molar-refractivity contribution in [3.8, 4) is 0 Å². The molecule has 0 bridgehead atoms. The normalized spacial score (nSPS) is 46.7. The van der Waals surface area contributed by atoms with E-state index in [1.54, 1.807) is 0 Å². The topological polar surface area (TPSA) is 57.5 Å². The van der Waals surface area contributed by atoms with Gasteiger partial charge in [-0.25, -0.2) is 0 Å². The molecule has 1 unspecified atom stereocenters. The third-order valence-electron chi connectivity index (χ3n) is 7.25. The summed E-state index contributed by atoms with van der Waals surface area (Å²) in [5.41, 5.74) is 2.67. The number of hydrogen-bond donors (Lipinski definition) is 2. The molecule has 0 aromatic rings. The fraction of sp³-hybridized carbons (Fsp3) is 0.737. The summed E-state index contributed by atoms with van der Waals surface area (Å²) in [6.07, 6.45) is 7.74. The summed E-state index contributed by atoms with van der Waals surface area (Å²) in [4.78, 5) is 12.1. The average Bonchev–Trinajstić information content (AvgIpc) is 2.78. The first-order chi connectivity index (χ1) is 10.9. The summed E-state index contributed by atoms with van der Waals surface area (Å²) in [7, 11) is 0. The van der Waals surface area contributed by atoms with Gasteiger partial charge in [0.2, 0.25) is 0 Å². The highest BCUT2D eigenvalue weighted by Gasteiger charge is 2.54. The molecule has 4 rings (SSSR count). The van der Waals surface area contributed by atoms with Crippen LogP contribution in [0.1, 0.15) is 51.9 Å². The summed E-state index contributed by atoms with van der Waals surface area (Å²) >= 11 is 3.34. The van der Waals surface area contributed by atoms with E-state index in [0.717, 1.165) is 38.5 Å². The molecule has 4 heteroatoms. The zero-order valence-corrected chi connectivity index (χ0v) is 15.2. The van der Waals surface area contributed by atoms with Crippen LogP contribution in [-0.4, -0.2) is 28.2 Å². The van der Waals surface area contributed by atoms with E-state index in [-0.39, 0.29) is 17.3 Å². The van der Waals surface area contributed by atoms with E-state index in [0.29, 0.717) is 28.7 Å². The number of fused-ring (bicyclic) bond motifs is 4. The molecule has 4 aliphatic carbocycles. The van der Waals surface area contributed by atoms with Crippen LogP contribution < -0.4 is 0 Å². The second kappa shape index (κ2) is 5.53. The maximum atomic E-state index is 12.1. The van der Waals surface area contributed by atoms with Crippen LogP contribution in [0.4, 0.5) is 0 Å². The highest BCUT2D eigenvalue weighted by Crippen LogP contribution is 2.60. The van der Waals surface area contributed by atoms with E-state index >= 15 is 0 Å². The van der Waals surface area contributed by atoms with Gasteiger partial charge < -0.3 is 10.2 Å². The van der Waals surface area contributed by atoms with Crippen molar-refractivity contribution in [2.75, 3.05) is 0 Å². The summed E-state index contributed by atoms with van der Waals surface area (Å²) in [5.74, 6) is 1.50. The molecule has 0 saturated heterocycles. The van der Waals surface area contributed by atoms with Crippen molar-refractivity contribution in [2.45, 2.75) is 64.1 Å². The Morgan fingerprint density at radius 2 is 2.00 bits per heavy atom. The number of hydrogen-bond acceptors (Lipinski definition) is 3. The first kappa shape index (κ1) is 16.0. The lowest BCUT2D eigenvalue weighted by molar-refractivity contribution is -0.122. The minimum atomic E-state index is -0.908. The highest BCUT2D eigenvalue weighted by atomic mass is 79.9. The fourth-order valence-electron chi connectivity index (χ4n) is 5.95. The van der Waals surface area contributed by atoms with Crippen molar-refractivity contribution in [2.24, 2.45) is 23.2 Å². The van der Waals surface area contributed by atoms with E-state index in [4.69, 9.17) is 0 Å². The van der Waals surface area contributed by atoms with Crippen molar-refractivity contribution < 1.29 is 15.0 Å². The zero-order valence-electron chi connectivity index (χ0n) is 13.6. The molecule has 4 aliphatic rings. The van der Waals surface area contributed by atoms with Crippen LogP contribution >= 0.6 is 15.9 Å². The van der Waals surface area contributed by atoms with Gasteiger partial charge in [0.1, 0.15) is 6.10 Å². The molecule has 126 valence electrons. The van der Waals surface area contributed by atoms with Crippen LogP contribution in [0.5, 0.6) is 0 Å². The molecule has 0 spiro atoms. The largest absolute Gasteiger partial charge is 0.393 e. The molecule has 2 saturated carbocycles. The third-order valence-corrected chi connectivity index (χ3v) is 7.87. The van der Waals surface area contributed by atoms with E-state index in [1.165, 1.54) is 11.1 Å². The number of allylic oxidation sites excluding steroid dienone is 2. The van der Waals surface area contributed by atoms with Crippen LogP contribution in [0, 0.1) is 23.2 Å². The molecule has 0 amide bonds. The third kappa shape index (κ3) is 2.32. The van der Waals surface area contributed by atoms with Crippen LogP contribution in [0.2, 0.25) is 0 Å². The minimum Gasteiger partial charge on any atom is -0.393 e. The van der Waals surface area contributed by atoms with Crippen LogP contribution in [0.15, 0.2) is 21.7 Å². The van der Waals surface area contributed by atoms with Gasteiger partial charge in [-0.1, -0.05) is 12.5 Å². The Morgan fingerprint density at radius 1 is 1.22 bits per heavy atom. The molecule has 6 atom stereocenters. The molecule has 0 aliphatic heterocycles. The molecular weight excluding hydrogens is 356 g/mol. The van der Waals surface area contributed by atoms with E-state index in [1.807, 2.05) is 6.08 Å². The predicted molar refractivity (Wildman–Crippen MR) is 92.0 cm³/mol. The molecule has 2 fully saturated rings. The SMILES string of the molecule is C[C@]12CC[C@@H]3C4=C(C=C(Br)C(=O)C(O)C4)CC[C@H]3[C@@H]1CC[C@@H]2O. The molecule has 23 heavy (non-hydrogen) atoms.